The van der Waals surface area contributed by atoms with Crippen LogP contribution in [-0.2, 0) is 0 Å². The summed E-state index contributed by atoms with van der Waals surface area (Å²) in [5.41, 5.74) is 2.31. The Hall–Kier alpha value is -2.24. The summed E-state index contributed by atoms with van der Waals surface area (Å²) in [6, 6.07) is 6.83. The summed E-state index contributed by atoms with van der Waals surface area (Å²) in [7, 11) is 0. The highest BCUT2D eigenvalue weighted by Gasteiger charge is 2.31. The van der Waals surface area contributed by atoms with E-state index in [0.717, 1.165) is 0 Å². The molecule has 0 radical (unpaired) electrons. The lowest BCUT2D eigenvalue weighted by Crippen LogP contribution is -2.17. The molecular formula is C14H12F3NO2. The van der Waals surface area contributed by atoms with Crippen LogP contribution in [0.3, 0.4) is 0 Å². The number of alkyl halides is 3. The lowest BCUT2D eigenvalue weighted by molar-refractivity contribution is -0.274. The summed E-state index contributed by atoms with van der Waals surface area (Å²) in [5.74, 6) is -0.284. The highest BCUT2D eigenvalue weighted by molar-refractivity contribution is 5.64. The Labute approximate surface area is 113 Å². The average Bonchev–Trinajstić information content (AvgIpc) is 2.25. The third kappa shape index (κ3) is 3.40. The quantitative estimate of drug-likeness (QED) is 0.915. The SMILES string of the molecule is Cc1cc(=O)cc(-c2ccc(OC(F)(F)F)cc2C)[nH]1. The van der Waals surface area contributed by atoms with Gasteiger partial charge in [-0.1, -0.05) is 0 Å². The van der Waals surface area contributed by atoms with Crippen molar-refractivity contribution >= 4 is 0 Å². The molecule has 0 aliphatic heterocycles. The number of halogens is 3. The van der Waals surface area contributed by atoms with Crippen molar-refractivity contribution in [3.05, 3.63) is 51.8 Å². The maximum absolute atomic E-state index is 12.1. The van der Waals surface area contributed by atoms with Crippen molar-refractivity contribution in [1.82, 2.24) is 4.98 Å². The van der Waals surface area contributed by atoms with Crippen LogP contribution < -0.4 is 10.2 Å². The van der Waals surface area contributed by atoms with E-state index in [2.05, 4.69) is 9.72 Å². The molecule has 2 rings (SSSR count). The van der Waals surface area contributed by atoms with E-state index in [-0.39, 0.29) is 11.2 Å². The van der Waals surface area contributed by atoms with Gasteiger partial charge in [0.15, 0.2) is 5.43 Å². The third-order valence-corrected chi connectivity index (χ3v) is 2.70. The van der Waals surface area contributed by atoms with Gasteiger partial charge in [-0.05, 0) is 37.6 Å². The molecule has 1 aromatic heterocycles. The van der Waals surface area contributed by atoms with E-state index in [1.165, 1.54) is 30.3 Å². The highest BCUT2D eigenvalue weighted by atomic mass is 19.4. The zero-order chi connectivity index (χ0) is 14.9. The molecule has 106 valence electrons. The number of aryl methyl sites for hydroxylation is 2. The van der Waals surface area contributed by atoms with E-state index in [1.54, 1.807) is 13.8 Å². The van der Waals surface area contributed by atoms with Crippen LogP contribution in [-0.4, -0.2) is 11.3 Å². The van der Waals surface area contributed by atoms with Crippen LogP contribution in [0.4, 0.5) is 13.2 Å². The summed E-state index contributed by atoms with van der Waals surface area (Å²) in [6.07, 6.45) is -4.72. The highest BCUT2D eigenvalue weighted by Crippen LogP contribution is 2.28. The van der Waals surface area contributed by atoms with E-state index < -0.39 is 6.36 Å². The minimum atomic E-state index is -4.72. The zero-order valence-corrected chi connectivity index (χ0v) is 10.8. The third-order valence-electron chi connectivity index (χ3n) is 2.70. The molecule has 0 spiro atoms. The average molecular weight is 283 g/mol. The molecule has 6 heteroatoms. The Bertz CT molecular complexity index is 690. The summed E-state index contributed by atoms with van der Waals surface area (Å²) in [5, 5.41) is 0. The topological polar surface area (TPSA) is 42.1 Å². The van der Waals surface area contributed by atoms with Gasteiger partial charge in [-0.25, -0.2) is 0 Å². The molecule has 3 nitrogen and oxygen atoms in total. The lowest BCUT2D eigenvalue weighted by Gasteiger charge is -2.12. The van der Waals surface area contributed by atoms with Crippen LogP contribution >= 0.6 is 0 Å². The Balaban J connectivity index is 2.41. The van der Waals surface area contributed by atoms with Crippen LogP contribution in [0.5, 0.6) is 5.75 Å². The lowest BCUT2D eigenvalue weighted by atomic mass is 10.0. The minimum Gasteiger partial charge on any atom is -0.406 e. The van der Waals surface area contributed by atoms with Gasteiger partial charge in [0.05, 0.1) is 0 Å². The van der Waals surface area contributed by atoms with Crippen LogP contribution in [0.2, 0.25) is 0 Å². The first-order valence-electron chi connectivity index (χ1n) is 5.82. The van der Waals surface area contributed by atoms with Gasteiger partial charge in [0, 0.05) is 29.1 Å². The molecule has 0 amide bonds. The van der Waals surface area contributed by atoms with Crippen molar-refractivity contribution < 1.29 is 17.9 Å². The normalized spacial score (nSPS) is 11.4. The number of benzene rings is 1. The fourth-order valence-corrected chi connectivity index (χ4v) is 1.96. The summed E-state index contributed by atoms with van der Waals surface area (Å²) >= 11 is 0. The van der Waals surface area contributed by atoms with E-state index in [9.17, 15) is 18.0 Å². The second kappa shape index (κ2) is 5.03. The number of aromatic nitrogens is 1. The molecule has 0 saturated heterocycles. The summed E-state index contributed by atoms with van der Waals surface area (Å²) < 4.78 is 40.2. The van der Waals surface area contributed by atoms with Gasteiger partial charge in [-0.2, -0.15) is 0 Å². The van der Waals surface area contributed by atoms with E-state index in [1.807, 2.05) is 0 Å². The number of aromatic amines is 1. The maximum atomic E-state index is 12.1. The first kappa shape index (κ1) is 14.2. The van der Waals surface area contributed by atoms with Crippen molar-refractivity contribution in [3.8, 4) is 17.0 Å². The van der Waals surface area contributed by atoms with Crippen LogP contribution in [0.25, 0.3) is 11.3 Å². The van der Waals surface area contributed by atoms with Crippen molar-refractivity contribution in [2.24, 2.45) is 0 Å². The number of ether oxygens (including phenoxy) is 1. The van der Waals surface area contributed by atoms with Crippen LogP contribution in [0.1, 0.15) is 11.3 Å². The monoisotopic (exact) mass is 283 g/mol. The van der Waals surface area contributed by atoms with Crippen LogP contribution in [0.15, 0.2) is 35.1 Å². The Kier molecular flexibility index (Phi) is 3.57. The Morgan fingerprint density at radius 1 is 1.10 bits per heavy atom. The Morgan fingerprint density at radius 2 is 1.80 bits per heavy atom. The largest absolute Gasteiger partial charge is 0.573 e. The molecule has 0 atom stereocenters. The number of pyridine rings is 1. The van der Waals surface area contributed by atoms with Crippen LogP contribution in [0, 0.1) is 13.8 Å². The molecular weight excluding hydrogens is 271 g/mol. The first-order chi connectivity index (χ1) is 9.24. The fourth-order valence-electron chi connectivity index (χ4n) is 1.96. The van der Waals surface area contributed by atoms with Gasteiger partial charge < -0.3 is 9.72 Å². The van der Waals surface area contributed by atoms with E-state index in [0.29, 0.717) is 22.5 Å². The molecule has 0 saturated carbocycles. The van der Waals surface area contributed by atoms with Gasteiger partial charge in [0.25, 0.3) is 0 Å². The molecule has 0 aliphatic rings. The predicted octanol–water partition coefficient (Wildman–Crippen LogP) is 3.56. The first-order valence-corrected chi connectivity index (χ1v) is 5.82. The molecule has 1 aromatic carbocycles. The fraction of sp³-hybridized carbons (Fsp3) is 0.214. The van der Waals surface area contributed by atoms with Gasteiger partial charge in [0.1, 0.15) is 5.75 Å². The second-order valence-corrected chi connectivity index (χ2v) is 4.44. The molecule has 0 aliphatic carbocycles. The number of hydrogen-bond donors (Lipinski definition) is 1. The number of H-pyrrole nitrogens is 1. The maximum Gasteiger partial charge on any atom is 0.573 e. The standard InChI is InChI=1S/C14H12F3NO2/c1-8-5-11(20-14(15,16)17)3-4-12(8)13-7-10(19)6-9(2)18-13/h3-7H,1-2H3,(H,18,19). The van der Waals surface area contributed by atoms with Gasteiger partial charge in [0.2, 0.25) is 0 Å². The van der Waals surface area contributed by atoms with Gasteiger partial charge in [-0.15, -0.1) is 13.2 Å². The Morgan fingerprint density at radius 3 is 2.35 bits per heavy atom. The van der Waals surface area contributed by atoms with Crippen molar-refractivity contribution in [2.45, 2.75) is 20.2 Å². The zero-order valence-electron chi connectivity index (χ0n) is 10.8. The van der Waals surface area contributed by atoms with E-state index in [4.69, 9.17) is 0 Å². The molecule has 0 unspecified atom stereocenters. The number of hydrogen-bond acceptors (Lipinski definition) is 2. The van der Waals surface area contributed by atoms with Crippen molar-refractivity contribution in [1.29, 1.82) is 0 Å². The number of rotatable bonds is 2. The predicted molar refractivity (Wildman–Crippen MR) is 68.7 cm³/mol. The second-order valence-electron chi connectivity index (χ2n) is 4.44. The molecule has 20 heavy (non-hydrogen) atoms. The molecule has 0 fully saturated rings. The summed E-state index contributed by atoms with van der Waals surface area (Å²) in [6.45, 7) is 3.39. The molecule has 2 aromatic rings. The van der Waals surface area contributed by atoms with E-state index >= 15 is 0 Å². The molecule has 1 N–H and O–H groups in total. The molecule has 1 heterocycles. The van der Waals surface area contributed by atoms with Gasteiger partial charge >= 0.3 is 6.36 Å². The molecule has 0 bridgehead atoms. The minimum absolute atomic E-state index is 0.161. The van der Waals surface area contributed by atoms with Crippen molar-refractivity contribution in [3.63, 3.8) is 0 Å². The van der Waals surface area contributed by atoms with Gasteiger partial charge in [-0.3, -0.25) is 4.79 Å². The number of nitrogens with one attached hydrogen (secondary N) is 1. The smallest absolute Gasteiger partial charge is 0.406 e. The summed E-state index contributed by atoms with van der Waals surface area (Å²) in [4.78, 5) is 14.5. The van der Waals surface area contributed by atoms with Crippen molar-refractivity contribution in [2.75, 3.05) is 0 Å².